The second-order valence-corrected chi connectivity index (χ2v) is 6.77. The number of benzene rings is 1. The van der Waals surface area contributed by atoms with E-state index in [0.29, 0.717) is 5.95 Å². The maximum atomic E-state index is 5.94. The zero-order chi connectivity index (χ0) is 16.0. The van der Waals surface area contributed by atoms with Crippen molar-refractivity contribution in [2.45, 2.75) is 13.8 Å². The van der Waals surface area contributed by atoms with Crippen LogP contribution in [0.1, 0.15) is 16.0 Å². The first-order chi connectivity index (χ1) is 11.1. The number of anilines is 1. The number of rotatable bonds is 2. The monoisotopic (exact) mass is 323 g/mol. The molecule has 0 unspecified atom stereocenters. The third-order valence-corrected chi connectivity index (χ3v) is 4.99. The SMILES string of the molecule is Cc1ccc(-c2nc(N)nc3sc(C4=NCCN4)cc23)c(C)c1. The Balaban J connectivity index is 1.95. The van der Waals surface area contributed by atoms with Gasteiger partial charge in [-0.15, -0.1) is 11.3 Å². The lowest BCUT2D eigenvalue weighted by molar-refractivity contribution is 0.960. The lowest BCUT2D eigenvalue weighted by atomic mass is 10.0. The molecule has 3 heterocycles. The molecule has 1 aliphatic rings. The van der Waals surface area contributed by atoms with Crippen molar-refractivity contribution < 1.29 is 0 Å². The molecular weight excluding hydrogens is 306 g/mol. The molecule has 0 spiro atoms. The van der Waals surface area contributed by atoms with Crippen molar-refractivity contribution in [2.24, 2.45) is 4.99 Å². The summed E-state index contributed by atoms with van der Waals surface area (Å²) in [5, 5.41) is 4.34. The molecule has 116 valence electrons. The van der Waals surface area contributed by atoms with Gasteiger partial charge in [0.15, 0.2) is 0 Å². The van der Waals surface area contributed by atoms with Gasteiger partial charge >= 0.3 is 0 Å². The summed E-state index contributed by atoms with van der Waals surface area (Å²) in [5.41, 5.74) is 10.4. The predicted octanol–water partition coefficient (Wildman–Crippen LogP) is 2.91. The van der Waals surface area contributed by atoms with Gasteiger partial charge in [-0.1, -0.05) is 23.8 Å². The van der Waals surface area contributed by atoms with E-state index in [1.807, 2.05) is 0 Å². The maximum absolute atomic E-state index is 5.94. The molecule has 0 aliphatic carbocycles. The highest BCUT2D eigenvalue weighted by Crippen LogP contribution is 2.34. The number of aliphatic imine (C=N–C) groups is 1. The highest BCUT2D eigenvalue weighted by atomic mass is 32.1. The standard InChI is InChI=1S/C17H17N5S/c1-9-3-4-11(10(2)7-9)14-12-8-13(15-19-5-6-20-15)23-16(12)22-17(18)21-14/h3-4,7-8H,5-6H2,1-2H3,(H,19,20)(H2,18,21,22). The molecular formula is C17H17N5S. The normalized spacial score (nSPS) is 14.1. The molecule has 1 aromatic carbocycles. The summed E-state index contributed by atoms with van der Waals surface area (Å²) in [6.07, 6.45) is 0. The van der Waals surface area contributed by atoms with Crippen molar-refractivity contribution in [1.82, 2.24) is 15.3 Å². The van der Waals surface area contributed by atoms with E-state index < -0.39 is 0 Å². The van der Waals surface area contributed by atoms with Crippen LogP contribution in [0.5, 0.6) is 0 Å². The van der Waals surface area contributed by atoms with Crippen LogP contribution in [-0.2, 0) is 0 Å². The van der Waals surface area contributed by atoms with E-state index in [1.165, 1.54) is 11.1 Å². The van der Waals surface area contributed by atoms with Crippen molar-refractivity contribution in [3.05, 3.63) is 40.3 Å². The first-order valence-electron chi connectivity index (χ1n) is 7.55. The Hall–Kier alpha value is -2.47. The first-order valence-corrected chi connectivity index (χ1v) is 8.37. The Kier molecular flexibility index (Phi) is 3.27. The van der Waals surface area contributed by atoms with Crippen LogP contribution < -0.4 is 11.1 Å². The number of fused-ring (bicyclic) bond motifs is 1. The van der Waals surface area contributed by atoms with Gasteiger partial charge in [0.1, 0.15) is 10.7 Å². The zero-order valence-electron chi connectivity index (χ0n) is 13.1. The summed E-state index contributed by atoms with van der Waals surface area (Å²) in [6.45, 7) is 5.90. The van der Waals surface area contributed by atoms with E-state index in [-0.39, 0.29) is 0 Å². The summed E-state index contributed by atoms with van der Waals surface area (Å²) in [5.74, 6) is 1.25. The van der Waals surface area contributed by atoms with Crippen LogP contribution >= 0.6 is 11.3 Å². The van der Waals surface area contributed by atoms with Gasteiger partial charge < -0.3 is 11.1 Å². The van der Waals surface area contributed by atoms with E-state index in [0.717, 1.165) is 45.3 Å². The number of aromatic nitrogens is 2. The number of amidine groups is 1. The molecule has 0 saturated carbocycles. The van der Waals surface area contributed by atoms with Gasteiger partial charge in [-0.2, -0.15) is 0 Å². The van der Waals surface area contributed by atoms with Crippen LogP contribution in [0.15, 0.2) is 29.3 Å². The van der Waals surface area contributed by atoms with Crippen molar-refractivity contribution in [3.63, 3.8) is 0 Å². The Bertz CT molecular complexity index is 942. The van der Waals surface area contributed by atoms with Gasteiger partial charge in [0.25, 0.3) is 0 Å². The number of nitrogens with zero attached hydrogens (tertiary/aromatic N) is 3. The second kappa shape index (κ2) is 5.31. The summed E-state index contributed by atoms with van der Waals surface area (Å²) >= 11 is 1.60. The summed E-state index contributed by atoms with van der Waals surface area (Å²) in [4.78, 5) is 15.4. The van der Waals surface area contributed by atoms with Crippen LogP contribution in [0, 0.1) is 13.8 Å². The quantitative estimate of drug-likeness (QED) is 0.760. The van der Waals surface area contributed by atoms with E-state index in [9.17, 15) is 0 Å². The topological polar surface area (TPSA) is 76.2 Å². The van der Waals surface area contributed by atoms with Crippen LogP contribution in [-0.4, -0.2) is 28.9 Å². The number of thiophene rings is 1. The number of aryl methyl sites for hydroxylation is 2. The van der Waals surface area contributed by atoms with Gasteiger partial charge in [-0.05, 0) is 25.5 Å². The zero-order valence-corrected chi connectivity index (χ0v) is 13.9. The molecule has 0 saturated heterocycles. The average Bonchev–Trinajstić information content (AvgIpc) is 3.15. The largest absolute Gasteiger partial charge is 0.368 e. The van der Waals surface area contributed by atoms with Gasteiger partial charge in [-0.25, -0.2) is 9.97 Å². The van der Waals surface area contributed by atoms with Crippen molar-refractivity contribution >= 4 is 33.3 Å². The fraction of sp³-hybridized carbons (Fsp3) is 0.235. The van der Waals surface area contributed by atoms with Gasteiger partial charge in [0.2, 0.25) is 5.95 Å². The Morgan fingerprint density at radius 1 is 1.17 bits per heavy atom. The van der Waals surface area contributed by atoms with Crippen LogP contribution in [0.2, 0.25) is 0 Å². The highest BCUT2D eigenvalue weighted by molar-refractivity contribution is 7.20. The number of nitrogen functional groups attached to an aromatic ring is 1. The molecule has 0 amide bonds. The minimum absolute atomic E-state index is 0.308. The van der Waals surface area contributed by atoms with Crippen LogP contribution in [0.4, 0.5) is 5.95 Å². The molecule has 0 radical (unpaired) electrons. The molecule has 0 bridgehead atoms. The van der Waals surface area contributed by atoms with Crippen molar-refractivity contribution in [2.75, 3.05) is 18.8 Å². The van der Waals surface area contributed by atoms with Crippen molar-refractivity contribution in [3.8, 4) is 11.3 Å². The molecule has 0 atom stereocenters. The van der Waals surface area contributed by atoms with E-state index in [2.05, 4.69) is 58.4 Å². The fourth-order valence-corrected chi connectivity index (χ4v) is 3.93. The van der Waals surface area contributed by atoms with Crippen LogP contribution in [0.25, 0.3) is 21.5 Å². The smallest absolute Gasteiger partial charge is 0.221 e. The fourth-order valence-electron chi connectivity index (χ4n) is 2.90. The third-order valence-electron chi connectivity index (χ3n) is 3.95. The highest BCUT2D eigenvalue weighted by Gasteiger charge is 2.17. The molecule has 2 aromatic heterocycles. The lowest BCUT2D eigenvalue weighted by Crippen LogP contribution is -2.18. The molecule has 23 heavy (non-hydrogen) atoms. The average molecular weight is 323 g/mol. The number of nitrogens with two attached hydrogens (primary N) is 1. The Morgan fingerprint density at radius 2 is 2.04 bits per heavy atom. The molecule has 5 nitrogen and oxygen atoms in total. The number of hydrogen-bond acceptors (Lipinski definition) is 6. The van der Waals surface area contributed by atoms with E-state index >= 15 is 0 Å². The Labute approximate surface area is 138 Å². The van der Waals surface area contributed by atoms with Crippen LogP contribution in [0.3, 0.4) is 0 Å². The Morgan fingerprint density at radius 3 is 2.78 bits per heavy atom. The second-order valence-electron chi connectivity index (χ2n) is 5.74. The maximum Gasteiger partial charge on any atom is 0.221 e. The lowest BCUT2D eigenvalue weighted by Gasteiger charge is -2.08. The van der Waals surface area contributed by atoms with E-state index in [1.54, 1.807) is 11.3 Å². The number of nitrogens with one attached hydrogen (secondary N) is 1. The molecule has 0 fully saturated rings. The van der Waals surface area contributed by atoms with Gasteiger partial charge in [-0.3, -0.25) is 4.99 Å². The molecule has 6 heteroatoms. The third kappa shape index (κ3) is 2.45. The predicted molar refractivity (Wildman–Crippen MR) is 96.1 cm³/mol. The van der Waals surface area contributed by atoms with Gasteiger partial charge in [0.05, 0.1) is 17.1 Å². The molecule has 4 rings (SSSR count). The molecule has 1 aliphatic heterocycles. The minimum Gasteiger partial charge on any atom is -0.368 e. The molecule has 3 N–H and O–H groups in total. The first kappa shape index (κ1) is 14.1. The number of hydrogen-bond donors (Lipinski definition) is 2. The summed E-state index contributed by atoms with van der Waals surface area (Å²) in [7, 11) is 0. The van der Waals surface area contributed by atoms with E-state index in [4.69, 9.17) is 5.73 Å². The molecule has 3 aromatic rings. The summed E-state index contributed by atoms with van der Waals surface area (Å²) < 4.78 is 0. The summed E-state index contributed by atoms with van der Waals surface area (Å²) in [6, 6.07) is 8.48. The van der Waals surface area contributed by atoms with Crippen molar-refractivity contribution in [1.29, 1.82) is 0 Å². The van der Waals surface area contributed by atoms with Gasteiger partial charge in [0, 0.05) is 17.5 Å². The minimum atomic E-state index is 0.308.